The second-order valence-corrected chi connectivity index (χ2v) is 3.11. The van der Waals surface area contributed by atoms with E-state index in [4.69, 9.17) is 0 Å². The van der Waals surface area contributed by atoms with Crippen LogP contribution in [0.25, 0.3) is 0 Å². The molecule has 1 rings (SSSR count). The van der Waals surface area contributed by atoms with Gasteiger partial charge in [0.2, 0.25) is 0 Å². The highest BCUT2D eigenvalue weighted by Crippen LogP contribution is 2.26. The van der Waals surface area contributed by atoms with Crippen LogP contribution in [0.3, 0.4) is 0 Å². The number of nitrogens with one attached hydrogen (secondary N) is 2. The third kappa shape index (κ3) is 3.20. The van der Waals surface area contributed by atoms with E-state index in [1.807, 2.05) is 0 Å². The van der Waals surface area contributed by atoms with E-state index in [1.165, 1.54) is 6.08 Å². The van der Waals surface area contributed by atoms with E-state index in [-0.39, 0.29) is 12.1 Å². The molecule has 0 radical (unpaired) electrons. The molecule has 1 heterocycles. The molecule has 0 aliphatic carbocycles. The number of alkyl halides is 3. The van der Waals surface area contributed by atoms with Gasteiger partial charge in [0.25, 0.3) is 11.5 Å². The van der Waals surface area contributed by atoms with Crippen LogP contribution in [0, 0.1) is 0 Å². The zero-order chi connectivity index (χ0) is 13.1. The molecule has 2 N–H and O–H groups in total. The Kier molecular flexibility index (Phi) is 3.72. The van der Waals surface area contributed by atoms with E-state index in [2.05, 4.69) is 11.9 Å². The van der Waals surface area contributed by atoms with Gasteiger partial charge in [-0.25, -0.2) is 0 Å². The number of H-pyrrole nitrogens is 1. The minimum atomic E-state index is -4.64. The first-order valence-corrected chi connectivity index (χ1v) is 4.56. The fourth-order valence-electron chi connectivity index (χ4n) is 1.08. The number of halogens is 3. The van der Waals surface area contributed by atoms with Crippen molar-refractivity contribution in [1.29, 1.82) is 0 Å². The fourth-order valence-corrected chi connectivity index (χ4v) is 1.08. The van der Waals surface area contributed by atoms with Crippen molar-refractivity contribution < 1.29 is 18.0 Å². The number of carbonyl (C=O) groups is 1. The zero-order valence-corrected chi connectivity index (χ0v) is 8.60. The first kappa shape index (κ1) is 13.0. The summed E-state index contributed by atoms with van der Waals surface area (Å²) in [6.45, 7) is 3.47. The average molecular weight is 246 g/mol. The lowest BCUT2D eigenvalue weighted by Gasteiger charge is -2.07. The molecule has 1 amide bonds. The van der Waals surface area contributed by atoms with Crippen molar-refractivity contribution in [3.63, 3.8) is 0 Å². The van der Waals surface area contributed by atoms with Gasteiger partial charge in [0, 0.05) is 6.54 Å². The lowest BCUT2D eigenvalue weighted by Crippen LogP contribution is -2.30. The number of carbonyl (C=O) groups excluding carboxylic acids is 1. The maximum atomic E-state index is 12.2. The van der Waals surface area contributed by atoms with Crippen LogP contribution in [-0.2, 0) is 6.18 Å². The van der Waals surface area contributed by atoms with Crippen LogP contribution in [0.4, 0.5) is 13.2 Å². The van der Waals surface area contributed by atoms with Gasteiger partial charge >= 0.3 is 6.18 Å². The van der Waals surface area contributed by atoms with Crippen LogP contribution >= 0.6 is 0 Å². The minimum absolute atomic E-state index is 0.124. The van der Waals surface area contributed by atoms with Gasteiger partial charge in [-0.15, -0.1) is 6.58 Å². The molecule has 0 bridgehead atoms. The number of aromatic amines is 1. The lowest BCUT2D eigenvalue weighted by molar-refractivity contribution is -0.141. The molecule has 0 saturated heterocycles. The Morgan fingerprint density at radius 1 is 1.47 bits per heavy atom. The highest BCUT2D eigenvalue weighted by atomic mass is 19.4. The maximum Gasteiger partial charge on any atom is 0.431 e. The van der Waals surface area contributed by atoms with Crippen molar-refractivity contribution >= 4 is 5.91 Å². The number of amides is 1. The summed E-state index contributed by atoms with van der Waals surface area (Å²) >= 11 is 0. The van der Waals surface area contributed by atoms with Crippen molar-refractivity contribution in [2.75, 3.05) is 6.54 Å². The normalized spacial score (nSPS) is 11.0. The van der Waals surface area contributed by atoms with Crippen molar-refractivity contribution in [1.82, 2.24) is 10.3 Å². The summed E-state index contributed by atoms with van der Waals surface area (Å²) in [6, 6.07) is 1.48. The molecule has 1 aromatic heterocycles. The lowest BCUT2D eigenvalue weighted by atomic mass is 10.2. The summed E-state index contributed by atoms with van der Waals surface area (Å²) in [5.41, 5.74) is -2.65. The fraction of sp³-hybridized carbons (Fsp3) is 0.200. The molecule has 0 unspecified atom stereocenters. The minimum Gasteiger partial charge on any atom is -0.348 e. The third-order valence-electron chi connectivity index (χ3n) is 1.87. The Morgan fingerprint density at radius 3 is 2.59 bits per heavy atom. The number of pyridine rings is 1. The van der Waals surface area contributed by atoms with Gasteiger partial charge in [-0.1, -0.05) is 6.08 Å². The summed E-state index contributed by atoms with van der Waals surface area (Å²) in [4.78, 5) is 24.2. The van der Waals surface area contributed by atoms with Crippen LogP contribution in [0.5, 0.6) is 0 Å². The molecular weight excluding hydrogens is 237 g/mol. The molecule has 0 spiro atoms. The topological polar surface area (TPSA) is 62.0 Å². The van der Waals surface area contributed by atoms with Gasteiger partial charge in [0.05, 0.1) is 0 Å². The van der Waals surface area contributed by atoms with Gasteiger partial charge in [-0.2, -0.15) is 13.2 Å². The Bertz CT molecular complexity index is 491. The number of hydrogen-bond acceptors (Lipinski definition) is 2. The molecule has 0 aliphatic rings. The van der Waals surface area contributed by atoms with Crippen molar-refractivity contribution in [3.05, 3.63) is 46.4 Å². The van der Waals surface area contributed by atoms with E-state index in [1.54, 1.807) is 4.98 Å². The average Bonchev–Trinajstić information content (AvgIpc) is 2.24. The van der Waals surface area contributed by atoms with Crippen LogP contribution in [-0.4, -0.2) is 17.4 Å². The molecule has 0 aliphatic heterocycles. The molecule has 1 aromatic rings. The second kappa shape index (κ2) is 4.86. The molecule has 0 fully saturated rings. The first-order valence-electron chi connectivity index (χ1n) is 4.56. The number of aromatic nitrogens is 1. The molecule has 4 nitrogen and oxygen atoms in total. The predicted octanol–water partition coefficient (Wildman–Crippen LogP) is 1.31. The van der Waals surface area contributed by atoms with Gasteiger partial charge in [-0.05, 0) is 12.1 Å². The van der Waals surface area contributed by atoms with E-state index < -0.39 is 23.3 Å². The molecule has 7 heteroatoms. The first-order chi connectivity index (χ1) is 7.86. The molecular formula is C10H9F3N2O2. The standard InChI is InChI=1S/C10H9F3N2O2/c1-2-5-14-8(16)6-3-4-7(10(11,12)13)15-9(6)17/h2-4H,1,5H2,(H,14,16)(H,15,17). The Labute approximate surface area is 94.2 Å². The monoisotopic (exact) mass is 246 g/mol. The van der Waals surface area contributed by atoms with Crippen LogP contribution in [0.1, 0.15) is 16.1 Å². The van der Waals surface area contributed by atoms with Gasteiger partial charge in [0.1, 0.15) is 11.3 Å². The van der Waals surface area contributed by atoms with Gasteiger partial charge in [0.15, 0.2) is 0 Å². The molecule has 0 aromatic carbocycles. The highest BCUT2D eigenvalue weighted by molar-refractivity contribution is 5.93. The number of rotatable bonds is 3. The smallest absolute Gasteiger partial charge is 0.348 e. The van der Waals surface area contributed by atoms with Crippen LogP contribution in [0.2, 0.25) is 0 Å². The summed E-state index contributed by atoms with van der Waals surface area (Å²) < 4.78 is 36.7. The number of hydrogen-bond donors (Lipinski definition) is 2. The molecule has 92 valence electrons. The Balaban J connectivity index is 3.02. The zero-order valence-electron chi connectivity index (χ0n) is 8.60. The highest BCUT2D eigenvalue weighted by Gasteiger charge is 2.32. The van der Waals surface area contributed by atoms with Crippen LogP contribution < -0.4 is 10.9 Å². The third-order valence-corrected chi connectivity index (χ3v) is 1.87. The second-order valence-electron chi connectivity index (χ2n) is 3.11. The summed E-state index contributed by atoms with van der Waals surface area (Å²) in [5.74, 6) is -0.750. The van der Waals surface area contributed by atoms with Crippen molar-refractivity contribution in [3.8, 4) is 0 Å². The molecule has 17 heavy (non-hydrogen) atoms. The van der Waals surface area contributed by atoms with Gasteiger partial charge in [-0.3, -0.25) is 9.59 Å². The van der Waals surface area contributed by atoms with E-state index in [0.717, 1.165) is 6.07 Å². The van der Waals surface area contributed by atoms with E-state index in [0.29, 0.717) is 6.07 Å². The largest absolute Gasteiger partial charge is 0.431 e. The SMILES string of the molecule is C=CCNC(=O)c1ccc(C(F)(F)F)[nH]c1=O. The van der Waals surface area contributed by atoms with Crippen LogP contribution in [0.15, 0.2) is 29.6 Å². The summed E-state index contributed by atoms with van der Waals surface area (Å²) in [6.07, 6.45) is -3.26. The summed E-state index contributed by atoms with van der Waals surface area (Å²) in [5, 5.41) is 2.29. The molecule has 0 atom stereocenters. The summed E-state index contributed by atoms with van der Waals surface area (Å²) in [7, 11) is 0. The Hall–Kier alpha value is -2.05. The molecule has 0 saturated carbocycles. The quantitative estimate of drug-likeness (QED) is 0.790. The van der Waals surface area contributed by atoms with E-state index in [9.17, 15) is 22.8 Å². The van der Waals surface area contributed by atoms with Crippen molar-refractivity contribution in [2.45, 2.75) is 6.18 Å². The van der Waals surface area contributed by atoms with E-state index >= 15 is 0 Å². The van der Waals surface area contributed by atoms with Gasteiger partial charge < -0.3 is 10.3 Å². The Morgan fingerprint density at radius 2 is 2.12 bits per heavy atom. The van der Waals surface area contributed by atoms with Crippen molar-refractivity contribution in [2.24, 2.45) is 0 Å². The maximum absolute atomic E-state index is 12.2. The predicted molar refractivity (Wildman–Crippen MR) is 54.6 cm³/mol.